The molecule has 0 fully saturated rings. The Labute approximate surface area is 218 Å². The number of carbonyl (C=O) groups excluding carboxylic acids is 2. The van der Waals surface area contributed by atoms with E-state index in [4.69, 9.17) is 9.47 Å². The lowest BCUT2D eigenvalue weighted by Gasteiger charge is -2.35. The van der Waals surface area contributed by atoms with Crippen LogP contribution in [-0.2, 0) is 11.3 Å². The lowest BCUT2D eigenvalue weighted by atomic mass is 9.94. The summed E-state index contributed by atoms with van der Waals surface area (Å²) in [6, 6.07) is 24.0. The molecule has 1 aliphatic rings. The third-order valence-corrected chi connectivity index (χ3v) is 6.81. The van der Waals surface area contributed by atoms with Crippen molar-refractivity contribution in [2.45, 2.75) is 32.6 Å². The second-order valence-corrected chi connectivity index (χ2v) is 9.58. The zero-order chi connectivity index (χ0) is 26.4. The first kappa shape index (κ1) is 26.4. The van der Waals surface area contributed by atoms with Crippen molar-refractivity contribution >= 4 is 12.0 Å². The largest absolute Gasteiger partial charge is 0.415 e. The molecule has 0 saturated heterocycles. The number of hydrogen-bond donors (Lipinski definition) is 1. The van der Waals surface area contributed by atoms with Crippen LogP contribution in [0.5, 0.6) is 5.75 Å². The first-order valence-electron chi connectivity index (χ1n) is 12.6. The molecule has 194 valence electrons. The number of likely N-dealkylation sites (N-methyl/N-ethyl adjacent to an activating group) is 1. The number of rotatable bonds is 5. The van der Waals surface area contributed by atoms with Crippen LogP contribution in [0.3, 0.4) is 0 Å². The Balaban J connectivity index is 1.66. The number of amides is 2. The molecule has 3 atom stereocenters. The minimum Gasteiger partial charge on any atom is -0.410 e. The molecule has 0 radical (unpaired) electrons. The average molecular weight is 503 g/mol. The molecule has 1 heterocycles. The molecule has 7 nitrogen and oxygen atoms in total. The van der Waals surface area contributed by atoms with Crippen molar-refractivity contribution in [3.05, 3.63) is 90.0 Å². The maximum atomic E-state index is 13.9. The van der Waals surface area contributed by atoms with Gasteiger partial charge >= 0.3 is 6.09 Å². The molecule has 3 aromatic rings. The van der Waals surface area contributed by atoms with Crippen molar-refractivity contribution in [1.29, 1.82) is 0 Å². The third-order valence-electron chi connectivity index (χ3n) is 6.81. The summed E-state index contributed by atoms with van der Waals surface area (Å²) in [6.07, 6.45) is -0.871. The van der Waals surface area contributed by atoms with Gasteiger partial charge in [-0.15, -0.1) is 0 Å². The minimum absolute atomic E-state index is 0.137. The molecule has 1 aliphatic heterocycles. The van der Waals surface area contributed by atoms with Gasteiger partial charge in [0.1, 0.15) is 5.75 Å². The van der Waals surface area contributed by atoms with Gasteiger partial charge in [0.25, 0.3) is 5.91 Å². The van der Waals surface area contributed by atoms with Crippen molar-refractivity contribution in [1.82, 2.24) is 9.80 Å². The molecule has 0 saturated carbocycles. The molecular weight excluding hydrogens is 468 g/mol. The van der Waals surface area contributed by atoms with Crippen molar-refractivity contribution in [3.63, 3.8) is 0 Å². The minimum atomic E-state index is -0.485. The number of fused-ring (bicyclic) bond motifs is 3. The molecule has 4 rings (SSSR count). The third kappa shape index (κ3) is 6.18. The highest BCUT2D eigenvalue weighted by molar-refractivity contribution is 6.01. The van der Waals surface area contributed by atoms with Crippen molar-refractivity contribution in [3.8, 4) is 16.9 Å². The second kappa shape index (κ2) is 12.0. The number of aliphatic hydroxyl groups is 1. The highest BCUT2D eigenvalue weighted by atomic mass is 16.6. The number of carbonyl (C=O) groups is 2. The van der Waals surface area contributed by atoms with Crippen molar-refractivity contribution in [2.24, 2.45) is 5.92 Å². The first-order valence-corrected chi connectivity index (χ1v) is 12.6. The normalized spacial score (nSPS) is 18.7. The molecule has 1 N–H and O–H groups in total. The van der Waals surface area contributed by atoms with Crippen LogP contribution in [-0.4, -0.2) is 65.8 Å². The highest BCUT2D eigenvalue weighted by Gasteiger charge is 2.31. The van der Waals surface area contributed by atoms with Crippen LogP contribution >= 0.6 is 0 Å². The summed E-state index contributed by atoms with van der Waals surface area (Å²) in [5.74, 6) is 0.189. The van der Waals surface area contributed by atoms with Gasteiger partial charge in [-0.2, -0.15) is 0 Å². The Morgan fingerprint density at radius 1 is 1.03 bits per heavy atom. The molecule has 3 aromatic carbocycles. The van der Waals surface area contributed by atoms with E-state index in [0.717, 1.165) is 16.7 Å². The Morgan fingerprint density at radius 2 is 1.65 bits per heavy atom. The van der Waals surface area contributed by atoms with Crippen LogP contribution in [0.4, 0.5) is 4.79 Å². The molecule has 2 amide bonds. The fourth-order valence-electron chi connectivity index (χ4n) is 4.56. The predicted molar refractivity (Wildman–Crippen MR) is 142 cm³/mol. The molecule has 0 aliphatic carbocycles. The predicted octanol–water partition coefficient (Wildman–Crippen LogP) is 4.84. The summed E-state index contributed by atoms with van der Waals surface area (Å²) in [5, 5.41) is 9.97. The molecule has 0 spiro atoms. The van der Waals surface area contributed by atoms with E-state index in [1.54, 1.807) is 36.2 Å². The second-order valence-electron chi connectivity index (χ2n) is 9.58. The van der Waals surface area contributed by atoms with Gasteiger partial charge in [-0.3, -0.25) is 4.79 Å². The van der Waals surface area contributed by atoms with Gasteiger partial charge in [0.15, 0.2) is 0 Å². The lowest BCUT2D eigenvalue weighted by molar-refractivity contribution is -0.0205. The van der Waals surface area contributed by atoms with E-state index in [1.807, 2.05) is 68.4 Å². The highest BCUT2D eigenvalue weighted by Crippen LogP contribution is 2.31. The number of hydrogen-bond acceptors (Lipinski definition) is 5. The van der Waals surface area contributed by atoms with Gasteiger partial charge in [0.05, 0.1) is 31.9 Å². The lowest BCUT2D eigenvalue weighted by Crippen LogP contribution is -2.47. The van der Waals surface area contributed by atoms with Crippen LogP contribution in [0.15, 0.2) is 78.9 Å². The Hall–Kier alpha value is -3.68. The van der Waals surface area contributed by atoms with Crippen LogP contribution in [0.1, 0.15) is 29.8 Å². The van der Waals surface area contributed by atoms with E-state index < -0.39 is 6.09 Å². The van der Waals surface area contributed by atoms with Gasteiger partial charge < -0.3 is 24.4 Å². The van der Waals surface area contributed by atoms with E-state index >= 15 is 0 Å². The molecular formula is C30H34N2O5. The van der Waals surface area contributed by atoms with Gasteiger partial charge in [0, 0.05) is 25.1 Å². The zero-order valence-corrected chi connectivity index (χ0v) is 21.5. The standard InChI is InChI=1S/C30H34N2O5/c1-21-17-32(22(2)19-33)29(34)27-16-10-9-15-26(27)25-14-8-7-11-23(25)20-36-28(21)18-31(3)30(35)37-24-12-5-4-6-13-24/h4-16,21-22,28,33H,17-20H2,1-3H3/t21-,22+,28+/m1/s1. The maximum Gasteiger partial charge on any atom is 0.415 e. The van der Waals surface area contributed by atoms with Gasteiger partial charge in [-0.25, -0.2) is 4.79 Å². The quantitative estimate of drug-likeness (QED) is 0.540. The van der Waals surface area contributed by atoms with E-state index in [9.17, 15) is 14.7 Å². The molecule has 0 aromatic heterocycles. The van der Waals surface area contributed by atoms with E-state index in [-0.39, 0.29) is 37.1 Å². The van der Waals surface area contributed by atoms with Gasteiger partial charge in [-0.1, -0.05) is 67.6 Å². The Bertz CT molecular complexity index is 1220. The van der Waals surface area contributed by atoms with Crippen LogP contribution < -0.4 is 4.74 Å². The number of aliphatic hydroxyl groups excluding tert-OH is 1. The zero-order valence-electron chi connectivity index (χ0n) is 21.5. The summed E-state index contributed by atoms with van der Waals surface area (Å²) in [7, 11) is 1.68. The summed E-state index contributed by atoms with van der Waals surface area (Å²) in [5.41, 5.74) is 3.30. The Morgan fingerprint density at radius 3 is 2.35 bits per heavy atom. The van der Waals surface area contributed by atoms with Crippen LogP contribution in [0.2, 0.25) is 0 Å². The number of para-hydroxylation sites is 1. The van der Waals surface area contributed by atoms with Crippen molar-refractivity contribution in [2.75, 3.05) is 26.7 Å². The van der Waals surface area contributed by atoms with E-state index in [2.05, 4.69) is 0 Å². The fraction of sp³-hybridized carbons (Fsp3) is 0.333. The smallest absolute Gasteiger partial charge is 0.410 e. The van der Waals surface area contributed by atoms with Gasteiger partial charge in [-0.05, 0) is 41.8 Å². The van der Waals surface area contributed by atoms with Crippen molar-refractivity contribution < 1.29 is 24.2 Å². The van der Waals surface area contributed by atoms with E-state index in [1.165, 1.54) is 4.90 Å². The summed E-state index contributed by atoms with van der Waals surface area (Å²) >= 11 is 0. The Kier molecular flexibility index (Phi) is 8.58. The topological polar surface area (TPSA) is 79.3 Å². The summed E-state index contributed by atoms with van der Waals surface area (Å²) < 4.78 is 11.9. The fourth-order valence-corrected chi connectivity index (χ4v) is 4.56. The average Bonchev–Trinajstić information content (AvgIpc) is 2.94. The number of benzene rings is 3. The molecule has 0 bridgehead atoms. The van der Waals surface area contributed by atoms with Crippen LogP contribution in [0.25, 0.3) is 11.1 Å². The number of ether oxygens (including phenoxy) is 2. The number of nitrogens with zero attached hydrogens (tertiary/aromatic N) is 2. The monoisotopic (exact) mass is 502 g/mol. The molecule has 37 heavy (non-hydrogen) atoms. The first-order chi connectivity index (χ1) is 17.9. The maximum absolute atomic E-state index is 13.9. The SMILES string of the molecule is C[C@@H]1CN([C@@H](C)CO)C(=O)c2ccccc2-c2ccccc2CO[C@H]1CN(C)C(=O)Oc1ccccc1. The molecule has 7 heteroatoms. The van der Waals surface area contributed by atoms with Crippen LogP contribution in [0, 0.1) is 5.92 Å². The van der Waals surface area contributed by atoms with Gasteiger partial charge in [0.2, 0.25) is 0 Å². The summed E-state index contributed by atoms with van der Waals surface area (Å²) in [4.78, 5) is 29.8. The van der Waals surface area contributed by atoms with E-state index in [0.29, 0.717) is 24.5 Å². The molecule has 0 unspecified atom stereocenters. The summed E-state index contributed by atoms with van der Waals surface area (Å²) in [6.45, 7) is 4.63.